The Morgan fingerprint density at radius 1 is 1.50 bits per heavy atom. The summed E-state index contributed by atoms with van der Waals surface area (Å²) < 4.78 is 1.88. The highest BCUT2D eigenvalue weighted by molar-refractivity contribution is 5.76. The largest absolute Gasteiger partial charge is 0.356 e. The lowest BCUT2D eigenvalue weighted by Gasteiger charge is -2.08. The topological polar surface area (TPSA) is 69.8 Å². The van der Waals surface area contributed by atoms with Gasteiger partial charge in [0.15, 0.2) is 0 Å². The van der Waals surface area contributed by atoms with Crippen LogP contribution in [0.3, 0.4) is 0 Å². The fraction of sp³-hybridized carbons (Fsp3) is 0.600. The van der Waals surface area contributed by atoms with Crippen LogP contribution >= 0.6 is 0 Å². The number of rotatable bonds is 7. The molecule has 0 unspecified atom stereocenters. The van der Waals surface area contributed by atoms with Crippen LogP contribution in [0.4, 0.5) is 0 Å². The second-order valence-corrected chi connectivity index (χ2v) is 5.44. The van der Waals surface area contributed by atoms with Crippen LogP contribution in [0.1, 0.15) is 37.2 Å². The van der Waals surface area contributed by atoms with E-state index in [1.807, 2.05) is 24.6 Å². The minimum atomic E-state index is 0.0775. The third-order valence-electron chi connectivity index (χ3n) is 3.31. The molecule has 0 atom stereocenters. The number of carbonyl (C=O) groups excluding carboxylic acids is 1. The van der Waals surface area contributed by atoms with Gasteiger partial charge in [0.2, 0.25) is 5.91 Å². The van der Waals surface area contributed by atoms with Crippen LogP contribution in [0.15, 0.2) is 6.07 Å². The third-order valence-corrected chi connectivity index (χ3v) is 3.31. The van der Waals surface area contributed by atoms with E-state index in [-0.39, 0.29) is 5.91 Å². The summed E-state index contributed by atoms with van der Waals surface area (Å²) in [7, 11) is 1.89. The first-order chi connectivity index (χ1) is 9.45. The molecular weight excluding hydrogens is 252 g/mol. The van der Waals surface area contributed by atoms with Crippen molar-refractivity contribution < 1.29 is 4.79 Å². The number of hydrogen-bond donors (Lipinski definition) is 2. The lowest BCUT2D eigenvalue weighted by atomic mass is 10.2. The number of nitrogens with zero attached hydrogens (tertiary/aromatic N) is 2. The molecule has 5 nitrogen and oxygen atoms in total. The van der Waals surface area contributed by atoms with Gasteiger partial charge in [0.1, 0.15) is 11.8 Å². The molecule has 5 heteroatoms. The molecule has 1 aromatic rings. The quantitative estimate of drug-likeness (QED) is 0.741. The van der Waals surface area contributed by atoms with Crippen LogP contribution in [0.2, 0.25) is 0 Å². The predicted molar refractivity (Wildman–Crippen MR) is 79.0 cm³/mol. The normalized spacial score (nSPS) is 10.6. The molecule has 1 amide bonds. The van der Waals surface area contributed by atoms with Crippen LogP contribution in [-0.4, -0.2) is 23.6 Å². The van der Waals surface area contributed by atoms with Gasteiger partial charge in [-0.25, -0.2) is 0 Å². The van der Waals surface area contributed by atoms with E-state index in [4.69, 9.17) is 5.26 Å². The van der Waals surface area contributed by atoms with E-state index in [2.05, 4.69) is 30.6 Å². The average Bonchev–Trinajstić information content (AvgIpc) is 2.69. The zero-order valence-electron chi connectivity index (χ0n) is 12.8. The molecule has 0 saturated heterocycles. The maximum Gasteiger partial charge on any atom is 0.221 e. The Balaban J connectivity index is 2.32. The zero-order valence-corrected chi connectivity index (χ0v) is 12.8. The van der Waals surface area contributed by atoms with Crippen LogP contribution in [0, 0.1) is 24.2 Å². The van der Waals surface area contributed by atoms with E-state index in [0.29, 0.717) is 31.1 Å². The average molecular weight is 276 g/mol. The highest BCUT2D eigenvalue weighted by Gasteiger charge is 2.08. The first-order valence-corrected chi connectivity index (χ1v) is 6.98. The van der Waals surface area contributed by atoms with Crippen molar-refractivity contribution >= 4 is 5.91 Å². The van der Waals surface area contributed by atoms with Crippen molar-refractivity contribution in [2.75, 3.05) is 13.1 Å². The van der Waals surface area contributed by atoms with Crippen molar-refractivity contribution in [1.82, 2.24) is 15.2 Å². The van der Waals surface area contributed by atoms with E-state index in [1.54, 1.807) is 0 Å². The van der Waals surface area contributed by atoms with Gasteiger partial charge < -0.3 is 15.2 Å². The third kappa shape index (κ3) is 4.71. The molecule has 0 aliphatic rings. The van der Waals surface area contributed by atoms with Crippen molar-refractivity contribution in [1.29, 1.82) is 5.26 Å². The van der Waals surface area contributed by atoms with Gasteiger partial charge in [-0.3, -0.25) is 4.79 Å². The molecule has 20 heavy (non-hydrogen) atoms. The summed E-state index contributed by atoms with van der Waals surface area (Å²) in [4.78, 5) is 11.5. The second-order valence-electron chi connectivity index (χ2n) is 5.44. The highest BCUT2D eigenvalue weighted by Crippen LogP contribution is 2.12. The molecule has 1 rings (SSSR count). The summed E-state index contributed by atoms with van der Waals surface area (Å²) in [6, 6.07) is 4.05. The van der Waals surface area contributed by atoms with E-state index < -0.39 is 0 Å². The second kappa shape index (κ2) is 7.71. The maximum atomic E-state index is 11.5. The molecule has 0 saturated carbocycles. The Morgan fingerprint density at radius 3 is 2.75 bits per heavy atom. The number of hydrogen-bond acceptors (Lipinski definition) is 3. The standard InChI is InChI=1S/C15H24N4O/c1-11(2)9-18-15(20)5-6-17-10-13-7-14(8-16)19(4)12(13)3/h7,11,17H,5-6,9-10H2,1-4H3,(H,18,20). The number of nitriles is 1. The fourth-order valence-electron chi connectivity index (χ4n) is 1.88. The van der Waals surface area contributed by atoms with Crippen molar-refractivity contribution in [2.24, 2.45) is 13.0 Å². The predicted octanol–water partition coefficient (Wildman–Crippen LogP) is 1.46. The molecule has 0 aliphatic heterocycles. The molecular formula is C15H24N4O. The molecule has 1 aromatic heterocycles. The van der Waals surface area contributed by atoms with Gasteiger partial charge in [0.05, 0.1) is 0 Å². The van der Waals surface area contributed by atoms with E-state index in [1.165, 1.54) is 0 Å². The summed E-state index contributed by atoms with van der Waals surface area (Å²) in [6.07, 6.45) is 0.476. The van der Waals surface area contributed by atoms with Gasteiger partial charge in [0.25, 0.3) is 0 Å². The Bertz CT molecular complexity index is 497. The van der Waals surface area contributed by atoms with Crippen LogP contribution in [0.5, 0.6) is 0 Å². The van der Waals surface area contributed by atoms with Crippen molar-refractivity contribution in [3.63, 3.8) is 0 Å². The molecule has 0 aromatic carbocycles. The van der Waals surface area contributed by atoms with Crippen LogP contribution < -0.4 is 10.6 Å². The molecule has 110 valence electrons. The summed E-state index contributed by atoms with van der Waals surface area (Å²) in [5.41, 5.74) is 2.85. The molecule has 0 fully saturated rings. The first-order valence-electron chi connectivity index (χ1n) is 6.98. The smallest absolute Gasteiger partial charge is 0.221 e. The molecule has 0 aliphatic carbocycles. The molecule has 0 bridgehead atoms. The lowest BCUT2D eigenvalue weighted by molar-refractivity contribution is -0.121. The SMILES string of the molecule is Cc1c(CNCCC(=O)NCC(C)C)cc(C#N)n1C. The van der Waals surface area contributed by atoms with Gasteiger partial charge in [0, 0.05) is 38.8 Å². The molecule has 1 heterocycles. The zero-order chi connectivity index (χ0) is 15.1. The van der Waals surface area contributed by atoms with Crippen molar-refractivity contribution in [2.45, 2.75) is 33.7 Å². The maximum absolute atomic E-state index is 11.5. The van der Waals surface area contributed by atoms with Gasteiger partial charge in [-0.2, -0.15) is 5.26 Å². The summed E-state index contributed by atoms with van der Waals surface area (Å²) in [6.45, 7) is 8.18. The van der Waals surface area contributed by atoms with Gasteiger partial charge in [-0.05, 0) is 24.5 Å². The Kier molecular flexibility index (Phi) is 6.26. The molecule has 0 spiro atoms. The van der Waals surface area contributed by atoms with Crippen molar-refractivity contribution in [3.05, 3.63) is 23.0 Å². The number of amides is 1. The minimum absolute atomic E-state index is 0.0775. The van der Waals surface area contributed by atoms with Gasteiger partial charge >= 0.3 is 0 Å². The summed E-state index contributed by atoms with van der Waals surface area (Å²) >= 11 is 0. The minimum Gasteiger partial charge on any atom is -0.356 e. The number of carbonyl (C=O) groups is 1. The molecule has 0 radical (unpaired) electrons. The number of aromatic nitrogens is 1. The Labute approximate surface area is 121 Å². The summed E-state index contributed by atoms with van der Waals surface area (Å²) in [5, 5.41) is 15.1. The summed E-state index contributed by atoms with van der Waals surface area (Å²) in [5.74, 6) is 0.553. The molecule has 2 N–H and O–H groups in total. The monoisotopic (exact) mass is 276 g/mol. The van der Waals surface area contributed by atoms with E-state index >= 15 is 0 Å². The fourth-order valence-corrected chi connectivity index (χ4v) is 1.88. The van der Waals surface area contributed by atoms with Crippen LogP contribution in [-0.2, 0) is 18.4 Å². The van der Waals surface area contributed by atoms with E-state index in [0.717, 1.165) is 17.8 Å². The van der Waals surface area contributed by atoms with Gasteiger partial charge in [-0.1, -0.05) is 13.8 Å². The van der Waals surface area contributed by atoms with Gasteiger partial charge in [-0.15, -0.1) is 0 Å². The Morgan fingerprint density at radius 2 is 2.20 bits per heavy atom. The Hall–Kier alpha value is -1.80. The van der Waals surface area contributed by atoms with Crippen molar-refractivity contribution in [3.8, 4) is 6.07 Å². The lowest BCUT2D eigenvalue weighted by Crippen LogP contribution is -2.30. The van der Waals surface area contributed by atoms with Crippen LogP contribution in [0.25, 0.3) is 0 Å². The van der Waals surface area contributed by atoms with E-state index in [9.17, 15) is 4.79 Å². The first kappa shape index (κ1) is 16.3. The highest BCUT2D eigenvalue weighted by atomic mass is 16.1. The number of nitrogens with one attached hydrogen (secondary N) is 2.